The van der Waals surface area contributed by atoms with E-state index in [0.717, 1.165) is 25.7 Å². The monoisotopic (exact) mass is 614 g/mol. The van der Waals surface area contributed by atoms with E-state index in [9.17, 15) is 17.2 Å². The van der Waals surface area contributed by atoms with Crippen LogP contribution in [0.5, 0.6) is 11.6 Å². The number of benzene rings is 2. The lowest BCUT2D eigenvalue weighted by atomic mass is 9.92. The number of nitrogens with zero attached hydrogens (tertiary/aromatic N) is 3. The van der Waals surface area contributed by atoms with Gasteiger partial charge in [-0.1, -0.05) is 24.3 Å². The third-order valence-corrected chi connectivity index (χ3v) is 8.66. The van der Waals surface area contributed by atoms with E-state index >= 15 is 4.39 Å². The zero-order chi connectivity index (χ0) is 30.8. The van der Waals surface area contributed by atoms with Crippen molar-refractivity contribution in [3.63, 3.8) is 0 Å². The molecule has 1 aliphatic carbocycles. The van der Waals surface area contributed by atoms with Crippen molar-refractivity contribution in [2.75, 3.05) is 15.8 Å². The van der Waals surface area contributed by atoms with Gasteiger partial charge >= 0.3 is 0 Å². The highest BCUT2D eigenvalue weighted by atomic mass is 32.2. The topological polar surface area (TPSA) is 132 Å². The molecule has 2 aromatic heterocycles. The van der Waals surface area contributed by atoms with Crippen LogP contribution in [0.15, 0.2) is 54.9 Å². The maximum absolute atomic E-state index is 15.8. The first-order valence-corrected chi connectivity index (χ1v) is 15.6. The van der Waals surface area contributed by atoms with E-state index < -0.39 is 33.9 Å². The molecular weight excluding hydrogens is 581 g/mol. The van der Waals surface area contributed by atoms with Crippen LogP contribution >= 0.6 is 0 Å². The number of hydrogen-bond donors (Lipinski definition) is 3. The summed E-state index contributed by atoms with van der Waals surface area (Å²) in [6.07, 6.45) is 5.96. The van der Waals surface area contributed by atoms with Crippen LogP contribution in [-0.4, -0.2) is 47.1 Å². The van der Waals surface area contributed by atoms with E-state index in [1.54, 1.807) is 42.6 Å². The molecule has 0 unspecified atom stereocenters. The first kappa shape index (κ1) is 30.5. The third kappa shape index (κ3) is 7.34. The third-order valence-electron chi connectivity index (χ3n) is 7.40. The first-order chi connectivity index (χ1) is 20.4. The Balaban J connectivity index is 1.47. The molecule has 4 N–H and O–H groups in total. The van der Waals surface area contributed by atoms with Crippen molar-refractivity contribution >= 4 is 32.4 Å². The molecule has 228 valence electrons. The summed E-state index contributed by atoms with van der Waals surface area (Å²) in [7, 11) is -4.28. The highest BCUT2D eigenvalue weighted by Crippen LogP contribution is 2.42. The molecule has 2 aromatic carbocycles. The fourth-order valence-corrected chi connectivity index (χ4v) is 6.29. The Morgan fingerprint density at radius 3 is 2.47 bits per heavy atom. The van der Waals surface area contributed by atoms with Gasteiger partial charge in [0.2, 0.25) is 27.8 Å². The summed E-state index contributed by atoms with van der Waals surface area (Å²) in [6.45, 7) is 2.08. The van der Waals surface area contributed by atoms with Crippen molar-refractivity contribution in [1.82, 2.24) is 15.0 Å². The number of aromatic nitrogens is 3. The molecule has 9 nitrogen and oxygen atoms in total. The molecule has 0 spiro atoms. The molecule has 5 rings (SSSR count). The van der Waals surface area contributed by atoms with Gasteiger partial charge in [-0.25, -0.2) is 36.5 Å². The summed E-state index contributed by atoms with van der Waals surface area (Å²) in [5.41, 5.74) is 6.77. The van der Waals surface area contributed by atoms with Gasteiger partial charge in [0.15, 0.2) is 5.82 Å². The summed E-state index contributed by atoms with van der Waals surface area (Å²) < 4.78 is 76.2. The van der Waals surface area contributed by atoms with Crippen LogP contribution < -0.4 is 20.5 Å². The van der Waals surface area contributed by atoms with Crippen LogP contribution in [-0.2, 0) is 10.0 Å². The Kier molecular flexibility index (Phi) is 8.74. The molecule has 2 heterocycles. The van der Waals surface area contributed by atoms with Crippen molar-refractivity contribution in [3.05, 3.63) is 66.2 Å². The summed E-state index contributed by atoms with van der Waals surface area (Å²) in [5.74, 6) is -4.21. The van der Waals surface area contributed by atoms with E-state index in [0.29, 0.717) is 29.5 Å². The number of rotatable bonds is 10. The number of sulfonamides is 1. The average Bonchev–Trinajstić information content (AvgIpc) is 2.98. The Morgan fingerprint density at radius 1 is 1.02 bits per heavy atom. The van der Waals surface area contributed by atoms with Crippen LogP contribution in [0.2, 0.25) is 0 Å². The molecule has 43 heavy (non-hydrogen) atoms. The summed E-state index contributed by atoms with van der Waals surface area (Å²) >= 11 is 0. The van der Waals surface area contributed by atoms with Crippen LogP contribution in [0.1, 0.15) is 44.6 Å². The van der Waals surface area contributed by atoms with Gasteiger partial charge in [0.05, 0.1) is 22.7 Å². The minimum atomic E-state index is -4.28. The number of pyridine rings is 1. The highest BCUT2D eigenvalue weighted by molar-refractivity contribution is 7.92. The van der Waals surface area contributed by atoms with Gasteiger partial charge in [-0.05, 0) is 57.7 Å². The quantitative estimate of drug-likeness (QED) is 0.187. The van der Waals surface area contributed by atoms with Gasteiger partial charge in [-0.15, -0.1) is 0 Å². The molecule has 0 atom stereocenters. The highest BCUT2D eigenvalue weighted by Gasteiger charge is 2.28. The average molecular weight is 615 g/mol. The summed E-state index contributed by atoms with van der Waals surface area (Å²) in [5, 5.41) is 3.98. The molecule has 4 aromatic rings. The lowest BCUT2D eigenvalue weighted by Crippen LogP contribution is -2.33. The van der Waals surface area contributed by atoms with Gasteiger partial charge in [0.1, 0.15) is 5.75 Å². The standard InChI is InChI=1S/C30H33F3N6O3S/c1-18-25(31)26(39-43(40,41)17-14-30(2,32)33)21-6-3-4-7-22(21)27(18)42-28-23(8-5-15-35-28)24-13-16-36-29(38-24)37-20-11-9-19(34)10-12-20/h3-8,13,15-16,19-20,39H,9-12,14,17,34H2,1-2H3,(H,36,37,38). The van der Waals surface area contributed by atoms with E-state index in [4.69, 9.17) is 10.5 Å². The Labute approximate surface area is 248 Å². The number of halogens is 3. The number of ether oxygens (including phenoxy) is 1. The minimum Gasteiger partial charge on any atom is -0.437 e. The smallest absolute Gasteiger partial charge is 0.246 e. The van der Waals surface area contributed by atoms with E-state index in [1.165, 1.54) is 19.2 Å². The van der Waals surface area contributed by atoms with Gasteiger partial charge in [0, 0.05) is 47.2 Å². The maximum Gasteiger partial charge on any atom is 0.246 e. The number of alkyl halides is 2. The van der Waals surface area contributed by atoms with Crippen molar-refractivity contribution in [2.24, 2.45) is 5.73 Å². The van der Waals surface area contributed by atoms with Crippen LogP contribution in [0.3, 0.4) is 0 Å². The molecular formula is C30H33F3N6O3S. The molecule has 13 heteroatoms. The maximum atomic E-state index is 15.8. The largest absolute Gasteiger partial charge is 0.437 e. The van der Waals surface area contributed by atoms with Gasteiger partial charge in [-0.3, -0.25) is 4.72 Å². The first-order valence-electron chi connectivity index (χ1n) is 14.0. The Morgan fingerprint density at radius 2 is 1.74 bits per heavy atom. The fourth-order valence-electron chi connectivity index (χ4n) is 5.05. The lowest BCUT2D eigenvalue weighted by molar-refractivity contribution is 0.0189. The van der Waals surface area contributed by atoms with Crippen LogP contribution in [0.4, 0.5) is 24.8 Å². The predicted molar refractivity (Wildman–Crippen MR) is 160 cm³/mol. The van der Waals surface area contributed by atoms with Crippen molar-refractivity contribution in [2.45, 2.75) is 64.0 Å². The normalized spacial score (nSPS) is 17.5. The minimum absolute atomic E-state index is 0.00868. The van der Waals surface area contributed by atoms with Crippen molar-refractivity contribution < 1.29 is 26.3 Å². The molecule has 1 saturated carbocycles. The number of fused-ring (bicyclic) bond motifs is 1. The van der Waals surface area contributed by atoms with Gasteiger partial charge < -0.3 is 15.8 Å². The van der Waals surface area contributed by atoms with Crippen molar-refractivity contribution in [1.29, 1.82) is 0 Å². The van der Waals surface area contributed by atoms with E-state index in [2.05, 4.69) is 25.0 Å². The zero-order valence-electron chi connectivity index (χ0n) is 23.8. The molecule has 0 bridgehead atoms. The summed E-state index contributed by atoms with van der Waals surface area (Å²) in [4.78, 5) is 13.4. The molecule has 1 aliphatic rings. The second-order valence-corrected chi connectivity index (χ2v) is 12.8. The number of hydrogen-bond acceptors (Lipinski definition) is 8. The van der Waals surface area contributed by atoms with Gasteiger partial charge in [0.25, 0.3) is 0 Å². The number of nitrogens with two attached hydrogens (primary N) is 1. The van der Waals surface area contributed by atoms with E-state index in [1.807, 2.05) is 0 Å². The second kappa shape index (κ2) is 12.3. The second-order valence-electron chi connectivity index (χ2n) is 10.9. The lowest BCUT2D eigenvalue weighted by Gasteiger charge is -2.26. The predicted octanol–water partition coefficient (Wildman–Crippen LogP) is 6.40. The van der Waals surface area contributed by atoms with E-state index in [-0.39, 0.29) is 40.4 Å². The number of nitrogens with one attached hydrogen (secondary N) is 2. The molecule has 0 radical (unpaired) electrons. The number of anilines is 2. The fraction of sp³-hybridized carbons (Fsp3) is 0.367. The molecule has 0 saturated heterocycles. The SMILES string of the molecule is Cc1c(F)c(NS(=O)(=O)CCC(C)(F)F)c2ccccc2c1Oc1ncccc1-c1ccnc(NC2CCC(N)CC2)n1. The molecule has 1 fully saturated rings. The van der Waals surface area contributed by atoms with Crippen LogP contribution in [0, 0.1) is 12.7 Å². The molecule has 0 aliphatic heterocycles. The van der Waals surface area contributed by atoms with Gasteiger partial charge in [-0.2, -0.15) is 0 Å². The van der Waals surface area contributed by atoms with Crippen molar-refractivity contribution in [3.8, 4) is 22.9 Å². The zero-order valence-corrected chi connectivity index (χ0v) is 24.6. The molecule has 0 amide bonds. The Bertz CT molecular complexity index is 1720. The van der Waals surface area contributed by atoms with Crippen LogP contribution in [0.25, 0.3) is 22.0 Å². The Hall–Kier alpha value is -3.97. The summed E-state index contributed by atoms with van der Waals surface area (Å²) in [6, 6.07) is 12.1.